The van der Waals surface area contributed by atoms with Crippen LogP contribution in [0.5, 0.6) is 0 Å². The van der Waals surface area contributed by atoms with E-state index in [1.807, 2.05) is 59.3 Å². The molecule has 0 saturated heterocycles. The van der Waals surface area contributed by atoms with Crippen LogP contribution in [-0.2, 0) is 6.54 Å². The number of benzene rings is 5. The number of hydrogen-bond acceptors (Lipinski definition) is 2. The number of nitrogens with zero attached hydrogens (tertiary/aromatic N) is 3. The Bertz CT molecular complexity index is 2570. The fourth-order valence-electron chi connectivity index (χ4n) is 6.56. The van der Waals surface area contributed by atoms with Crippen LogP contribution in [0, 0.1) is 139 Å². The average Bonchev–Trinajstić information content (AvgIpc) is 3.26. The van der Waals surface area contributed by atoms with Crippen LogP contribution in [0.2, 0.25) is 0 Å². The second-order valence-electron chi connectivity index (χ2n) is 12.4. The molecule has 320 valence electrons. The zero-order valence-corrected chi connectivity index (χ0v) is 29.3. The number of allylic oxidation sites excluding steroid dienone is 2. The number of halogens is 20. The summed E-state index contributed by atoms with van der Waals surface area (Å²) < 4.78 is 296. The molecule has 24 heteroatoms. The molecule has 0 amide bonds. The lowest BCUT2D eigenvalue weighted by Gasteiger charge is -2.44. The fraction of sp³-hybridized carbons (Fsp3) is 0.0263. The molecular weight excluding hydrogens is 889 g/mol. The number of rotatable bonds is 6. The molecular formula is C38H10BF20N3. The van der Waals surface area contributed by atoms with Gasteiger partial charge in [-0.2, -0.15) is 15.1 Å². The summed E-state index contributed by atoms with van der Waals surface area (Å²) in [5, 5.41) is 18.5. The van der Waals surface area contributed by atoms with Crippen molar-refractivity contribution in [2.75, 3.05) is 0 Å². The van der Waals surface area contributed by atoms with E-state index in [4.69, 9.17) is 10.5 Å². The molecule has 0 radical (unpaired) electrons. The summed E-state index contributed by atoms with van der Waals surface area (Å²) in [5.41, 5.74) is -13.1. The predicted octanol–water partition coefficient (Wildman–Crippen LogP) is 7.95. The van der Waals surface area contributed by atoms with E-state index in [2.05, 4.69) is 0 Å². The van der Waals surface area contributed by atoms with E-state index in [-0.39, 0.29) is 5.57 Å². The number of fused-ring (bicyclic) bond motifs is 1. The molecule has 6 aromatic rings. The molecule has 0 spiro atoms. The molecule has 0 fully saturated rings. The summed E-state index contributed by atoms with van der Waals surface area (Å²) in [6.45, 7) is 0.526. The zero-order valence-electron chi connectivity index (χ0n) is 29.3. The van der Waals surface area contributed by atoms with E-state index >= 15 is 35.1 Å². The van der Waals surface area contributed by atoms with Crippen molar-refractivity contribution < 1.29 is 92.4 Å². The Hall–Kier alpha value is -7.11. The number of hydrogen-bond donors (Lipinski definition) is 0. The fourth-order valence-corrected chi connectivity index (χ4v) is 6.56. The van der Waals surface area contributed by atoms with Gasteiger partial charge in [0.1, 0.15) is 70.4 Å². The number of pyridine rings is 1. The summed E-state index contributed by atoms with van der Waals surface area (Å²) in [5.74, 6) is -71.4. The molecule has 1 heterocycles. The van der Waals surface area contributed by atoms with Crippen LogP contribution in [0.15, 0.2) is 54.2 Å². The first-order valence-electron chi connectivity index (χ1n) is 16.2. The van der Waals surface area contributed by atoms with E-state index < -0.39 is 144 Å². The minimum atomic E-state index is -7.22. The van der Waals surface area contributed by atoms with Gasteiger partial charge >= 0.3 is 0 Å². The summed E-state index contributed by atoms with van der Waals surface area (Å²) in [6, 6.07) is 15.7. The van der Waals surface area contributed by atoms with Crippen molar-refractivity contribution in [2.24, 2.45) is 0 Å². The molecule has 0 N–H and O–H groups in total. The van der Waals surface area contributed by atoms with E-state index in [9.17, 15) is 52.7 Å². The third-order valence-electron chi connectivity index (χ3n) is 9.23. The molecule has 0 atom stereocenters. The van der Waals surface area contributed by atoms with Crippen molar-refractivity contribution in [3.05, 3.63) is 171 Å². The number of nitriles is 2. The smallest absolute Gasteiger partial charge is 0.207 e. The van der Waals surface area contributed by atoms with Crippen LogP contribution in [0.3, 0.4) is 0 Å². The van der Waals surface area contributed by atoms with Crippen LogP contribution in [0.1, 0.15) is 0 Å². The molecule has 1 aromatic heterocycles. The summed E-state index contributed by atoms with van der Waals surface area (Å²) in [4.78, 5) is 0. The van der Waals surface area contributed by atoms with Gasteiger partial charge in [-0.3, -0.25) is 0 Å². The van der Waals surface area contributed by atoms with Gasteiger partial charge in [0.15, 0.2) is 82.5 Å². The molecule has 0 aliphatic rings. The Morgan fingerprint density at radius 3 is 0.952 bits per heavy atom. The summed E-state index contributed by atoms with van der Waals surface area (Å²) in [6.07, 6.45) is -3.65. The molecule has 0 bridgehead atoms. The largest absolute Gasteiger partial charge is 0.212 e. The van der Waals surface area contributed by atoms with Gasteiger partial charge in [0.05, 0.1) is 0 Å². The molecule has 3 nitrogen and oxygen atoms in total. The van der Waals surface area contributed by atoms with E-state index in [0.29, 0.717) is 6.54 Å². The second kappa shape index (κ2) is 17.1. The highest BCUT2D eigenvalue weighted by atomic mass is 19.2. The third-order valence-corrected chi connectivity index (χ3v) is 9.23. The molecule has 0 aliphatic heterocycles. The maximum absolute atomic E-state index is 15.4. The maximum atomic E-state index is 15.4. The van der Waals surface area contributed by atoms with Crippen molar-refractivity contribution in [3.8, 4) is 12.1 Å². The quantitative estimate of drug-likeness (QED) is 0.0426. The van der Waals surface area contributed by atoms with Crippen LogP contribution in [0.4, 0.5) is 87.8 Å². The van der Waals surface area contributed by atoms with E-state index in [1.54, 1.807) is 6.08 Å². The minimum Gasteiger partial charge on any atom is -0.207 e. The second-order valence-corrected chi connectivity index (χ2v) is 12.4. The van der Waals surface area contributed by atoms with Gasteiger partial charge in [0.2, 0.25) is 5.52 Å². The highest BCUT2D eigenvalue weighted by Crippen LogP contribution is 2.30. The lowest BCUT2D eigenvalue weighted by atomic mass is 9.12. The van der Waals surface area contributed by atoms with Crippen molar-refractivity contribution in [3.63, 3.8) is 0 Å². The van der Waals surface area contributed by atoms with Gasteiger partial charge in [-0.05, 0) is 12.1 Å². The molecule has 0 unspecified atom stereocenters. The van der Waals surface area contributed by atoms with E-state index in [1.165, 1.54) is 0 Å². The van der Waals surface area contributed by atoms with Crippen molar-refractivity contribution in [1.29, 1.82) is 10.5 Å². The average molecular weight is 899 g/mol. The minimum absolute atomic E-state index is 0.144. The maximum Gasteiger partial charge on any atom is 0.212 e. The van der Waals surface area contributed by atoms with Gasteiger partial charge < -0.3 is 0 Å². The normalized spacial score (nSPS) is 11.3. The van der Waals surface area contributed by atoms with Gasteiger partial charge in [-0.25, -0.2) is 87.8 Å². The standard InChI is InChI=1S/C24BF20.C14H10N3/c26-5-1(6(27)14(35)21(42)13(5)34)25(2-7(28)15(36)22(43)16(37)8(2)29,3-9(30)17(38)23(44)18(39)10(3)31)4-11(32)19(40)24(45)20(41)12(4)33;15-10-12(11-16)7-9-17-8-3-5-13-4-1-2-6-14(13)17/h;1-8H,9H2/q-1;+1. The van der Waals surface area contributed by atoms with Crippen molar-refractivity contribution in [1.82, 2.24) is 0 Å². The first kappa shape index (κ1) is 46.0. The van der Waals surface area contributed by atoms with Gasteiger partial charge in [0.25, 0.3) is 0 Å². The first-order chi connectivity index (χ1) is 29.0. The lowest BCUT2D eigenvalue weighted by molar-refractivity contribution is -0.661. The molecule has 6 rings (SSSR count). The highest BCUT2D eigenvalue weighted by molar-refractivity contribution is 7.20. The Labute approximate surface area is 331 Å². The SMILES string of the molecule is Fc1c(F)c(F)c([B-](c2c(F)c(F)c(F)c(F)c2F)(c2c(F)c(F)c(F)c(F)c2F)c2c(F)c(F)c(F)c(F)c2F)c(F)c1F.N#CC(C#N)=CC[n+]1cccc2ccccc21. The molecule has 0 saturated carbocycles. The summed E-state index contributed by atoms with van der Waals surface area (Å²) >= 11 is 0. The van der Waals surface area contributed by atoms with Crippen LogP contribution >= 0.6 is 0 Å². The Kier molecular flexibility index (Phi) is 12.7. The first-order valence-corrected chi connectivity index (χ1v) is 16.2. The number of aromatic nitrogens is 1. The Balaban J connectivity index is 0.000000355. The van der Waals surface area contributed by atoms with Gasteiger partial charge in [-0.1, -0.05) is 12.1 Å². The topological polar surface area (TPSA) is 51.5 Å². The zero-order chi connectivity index (χ0) is 46.4. The highest BCUT2D eigenvalue weighted by Gasteiger charge is 2.52. The van der Waals surface area contributed by atoms with Crippen LogP contribution < -0.4 is 26.4 Å². The van der Waals surface area contributed by atoms with Crippen LogP contribution in [0.25, 0.3) is 10.9 Å². The molecule has 0 aliphatic carbocycles. The Morgan fingerprint density at radius 2 is 0.661 bits per heavy atom. The molecule has 62 heavy (non-hydrogen) atoms. The molecule has 5 aromatic carbocycles. The van der Waals surface area contributed by atoms with Gasteiger partial charge in [-0.15, -0.1) is 21.9 Å². The van der Waals surface area contributed by atoms with Crippen molar-refractivity contribution in [2.45, 2.75) is 6.54 Å². The van der Waals surface area contributed by atoms with E-state index in [0.717, 1.165) is 10.9 Å². The van der Waals surface area contributed by atoms with Gasteiger partial charge in [0, 0.05) is 23.6 Å². The van der Waals surface area contributed by atoms with Crippen LogP contribution in [-0.4, -0.2) is 6.15 Å². The van der Waals surface area contributed by atoms with Crippen molar-refractivity contribution >= 4 is 38.9 Å². The monoisotopic (exact) mass is 899 g/mol. The summed E-state index contributed by atoms with van der Waals surface area (Å²) in [7, 11) is 0. The predicted molar refractivity (Wildman–Crippen MR) is 173 cm³/mol. The number of para-hydroxylation sites is 1. The lowest BCUT2D eigenvalue weighted by Crippen LogP contribution is -2.81. The third kappa shape index (κ3) is 6.98. The Morgan fingerprint density at radius 1 is 0.403 bits per heavy atom.